The van der Waals surface area contributed by atoms with Gasteiger partial charge in [-0.3, -0.25) is 4.79 Å². The summed E-state index contributed by atoms with van der Waals surface area (Å²) in [4.78, 5) is 12.1. The number of Topliss-reactive ketones (excluding diaryl/α,β-unsaturated/α-hetero) is 1. The largest absolute Gasteiger partial charge is 0.294 e. The quantitative estimate of drug-likeness (QED) is 0.569. The van der Waals surface area contributed by atoms with Crippen LogP contribution < -0.4 is 0 Å². The minimum atomic E-state index is 0.159. The fraction of sp³-hybridized carbons (Fsp3) is 0.118. The Bertz CT molecular complexity index is 541. The molecule has 0 aliphatic carbocycles. The number of hydrogen-bond donors (Lipinski definition) is 0. The third-order valence-electron chi connectivity index (χ3n) is 2.93. The van der Waals surface area contributed by atoms with Gasteiger partial charge in [-0.1, -0.05) is 60.7 Å². The maximum absolute atomic E-state index is 12.1. The van der Waals surface area contributed by atoms with E-state index in [-0.39, 0.29) is 5.78 Å². The molecule has 2 aromatic carbocycles. The van der Waals surface area contributed by atoms with Crippen LogP contribution in [0.15, 0.2) is 67.3 Å². The van der Waals surface area contributed by atoms with Crippen molar-refractivity contribution in [3.8, 4) is 0 Å². The van der Waals surface area contributed by atoms with Crippen molar-refractivity contribution < 1.29 is 4.79 Å². The van der Waals surface area contributed by atoms with Gasteiger partial charge in [0.25, 0.3) is 0 Å². The highest BCUT2D eigenvalue weighted by atomic mass is 16.1. The second-order valence-corrected chi connectivity index (χ2v) is 4.23. The Hall–Kier alpha value is -2.15. The average Bonchev–Trinajstić information content (AvgIpc) is 2.42. The zero-order valence-corrected chi connectivity index (χ0v) is 10.3. The number of allylic oxidation sites excluding steroid dienone is 1. The number of rotatable bonds is 5. The van der Waals surface area contributed by atoms with Gasteiger partial charge in [0.05, 0.1) is 0 Å². The molecule has 2 aromatic rings. The molecule has 90 valence electrons. The number of benzene rings is 2. The Morgan fingerprint density at radius 1 is 0.944 bits per heavy atom. The number of hydrogen-bond acceptors (Lipinski definition) is 1. The van der Waals surface area contributed by atoms with E-state index in [2.05, 4.69) is 12.6 Å². The molecule has 1 heteroatoms. The van der Waals surface area contributed by atoms with Gasteiger partial charge in [0.1, 0.15) is 0 Å². The van der Waals surface area contributed by atoms with E-state index in [0.717, 1.165) is 17.5 Å². The number of carbonyl (C=O) groups is 1. The van der Waals surface area contributed by atoms with Gasteiger partial charge in [0, 0.05) is 12.0 Å². The van der Waals surface area contributed by atoms with Crippen LogP contribution in [0.2, 0.25) is 0 Å². The molecule has 0 unspecified atom stereocenters. The van der Waals surface area contributed by atoms with Crippen LogP contribution in [0.3, 0.4) is 0 Å². The van der Waals surface area contributed by atoms with Crippen molar-refractivity contribution in [3.63, 3.8) is 0 Å². The summed E-state index contributed by atoms with van der Waals surface area (Å²) in [5.41, 5.74) is 3.04. The van der Waals surface area contributed by atoms with Crippen LogP contribution in [0.4, 0.5) is 0 Å². The van der Waals surface area contributed by atoms with Gasteiger partial charge in [-0.25, -0.2) is 0 Å². The maximum atomic E-state index is 12.1. The van der Waals surface area contributed by atoms with E-state index in [4.69, 9.17) is 0 Å². The lowest BCUT2D eigenvalue weighted by atomic mass is 9.97. The first-order chi connectivity index (χ1) is 8.81. The molecule has 0 saturated heterocycles. The zero-order chi connectivity index (χ0) is 12.8. The van der Waals surface area contributed by atoms with Crippen LogP contribution in [0.25, 0.3) is 0 Å². The Morgan fingerprint density at radius 3 is 2.22 bits per heavy atom. The SMILES string of the molecule is C=CCc1ccccc1CC(=O)c1ccccc1. The molecule has 2 rings (SSSR count). The van der Waals surface area contributed by atoms with Crippen LogP contribution in [0.5, 0.6) is 0 Å². The minimum Gasteiger partial charge on any atom is -0.294 e. The molecule has 0 radical (unpaired) electrons. The van der Waals surface area contributed by atoms with Crippen molar-refractivity contribution in [2.45, 2.75) is 12.8 Å². The van der Waals surface area contributed by atoms with E-state index in [1.54, 1.807) is 0 Å². The van der Waals surface area contributed by atoms with Gasteiger partial charge >= 0.3 is 0 Å². The molecule has 1 nitrogen and oxygen atoms in total. The smallest absolute Gasteiger partial charge is 0.167 e. The fourth-order valence-corrected chi connectivity index (χ4v) is 1.98. The van der Waals surface area contributed by atoms with E-state index in [9.17, 15) is 4.79 Å². The third kappa shape index (κ3) is 2.95. The van der Waals surface area contributed by atoms with Crippen molar-refractivity contribution >= 4 is 5.78 Å². The predicted molar refractivity (Wildman–Crippen MR) is 74.8 cm³/mol. The first-order valence-corrected chi connectivity index (χ1v) is 6.07. The van der Waals surface area contributed by atoms with Crippen LogP contribution in [0, 0.1) is 0 Å². The second kappa shape index (κ2) is 5.97. The molecule has 0 N–H and O–H groups in total. The molecular formula is C17H16O. The highest BCUT2D eigenvalue weighted by molar-refractivity contribution is 5.97. The van der Waals surface area contributed by atoms with Crippen molar-refractivity contribution in [2.75, 3.05) is 0 Å². The maximum Gasteiger partial charge on any atom is 0.167 e. The monoisotopic (exact) mass is 236 g/mol. The van der Waals surface area contributed by atoms with Crippen LogP contribution in [0.1, 0.15) is 21.5 Å². The molecule has 0 aliphatic rings. The van der Waals surface area contributed by atoms with Crippen LogP contribution in [-0.2, 0) is 12.8 Å². The predicted octanol–water partition coefficient (Wildman–Crippen LogP) is 3.84. The number of ketones is 1. The Morgan fingerprint density at radius 2 is 1.56 bits per heavy atom. The first-order valence-electron chi connectivity index (χ1n) is 6.07. The molecule has 0 aliphatic heterocycles. The normalized spacial score (nSPS) is 10.0. The summed E-state index contributed by atoms with van der Waals surface area (Å²) in [6.07, 6.45) is 3.12. The standard InChI is InChI=1S/C17H16O/c1-2-8-14-9-6-7-12-16(14)13-17(18)15-10-4-3-5-11-15/h2-7,9-12H,1,8,13H2. The molecule has 0 aromatic heterocycles. The van der Waals surface area contributed by atoms with Gasteiger partial charge in [-0.2, -0.15) is 0 Å². The highest BCUT2D eigenvalue weighted by Gasteiger charge is 2.08. The zero-order valence-electron chi connectivity index (χ0n) is 10.3. The Kier molecular flexibility index (Phi) is 4.08. The van der Waals surface area contributed by atoms with Crippen LogP contribution >= 0.6 is 0 Å². The lowest BCUT2D eigenvalue weighted by Gasteiger charge is -2.07. The van der Waals surface area contributed by atoms with Gasteiger partial charge in [0.2, 0.25) is 0 Å². The molecule has 0 heterocycles. The lowest BCUT2D eigenvalue weighted by Crippen LogP contribution is -2.05. The van der Waals surface area contributed by atoms with E-state index >= 15 is 0 Å². The second-order valence-electron chi connectivity index (χ2n) is 4.23. The summed E-state index contributed by atoms with van der Waals surface area (Å²) in [5, 5.41) is 0. The molecule has 0 amide bonds. The number of carbonyl (C=O) groups excluding carboxylic acids is 1. The topological polar surface area (TPSA) is 17.1 Å². The van der Waals surface area contributed by atoms with Crippen LogP contribution in [-0.4, -0.2) is 5.78 Å². The average molecular weight is 236 g/mol. The molecule has 0 fully saturated rings. The summed E-state index contributed by atoms with van der Waals surface area (Å²) >= 11 is 0. The molecule has 18 heavy (non-hydrogen) atoms. The summed E-state index contributed by atoms with van der Waals surface area (Å²) in [6, 6.07) is 17.5. The third-order valence-corrected chi connectivity index (χ3v) is 2.93. The van der Waals surface area contributed by atoms with Gasteiger partial charge in [-0.05, 0) is 17.5 Å². The summed E-state index contributed by atoms with van der Waals surface area (Å²) in [6.45, 7) is 3.75. The summed E-state index contributed by atoms with van der Waals surface area (Å²) in [5.74, 6) is 0.159. The summed E-state index contributed by atoms with van der Waals surface area (Å²) < 4.78 is 0. The lowest BCUT2D eigenvalue weighted by molar-refractivity contribution is 0.0992. The van der Waals surface area contributed by atoms with E-state index in [1.807, 2.05) is 54.6 Å². The van der Waals surface area contributed by atoms with Crippen molar-refractivity contribution in [1.29, 1.82) is 0 Å². The molecule has 0 bridgehead atoms. The van der Waals surface area contributed by atoms with E-state index in [0.29, 0.717) is 6.42 Å². The highest BCUT2D eigenvalue weighted by Crippen LogP contribution is 2.13. The van der Waals surface area contributed by atoms with E-state index < -0.39 is 0 Å². The van der Waals surface area contributed by atoms with Crippen molar-refractivity contribution in [3.05, 3.63) is 83.9 Å². The van der Waals surface area contributed by atoms with Gasteiger partial charge < -0.3 is 0 Å². The minimum absolute atomic E-state index is 0.159. The first kappa shape index (κ1) is 12.3. The van der Waals surface area contributed by atoms with Crippen molar-refractivity contribution in [2.24, 2.45) is 0 Å². The molecule has 0 spiro atoms. The van der Waals surface area contributed by atoms with Gasteiger partial charge in [0.15, 0.2) is 5.78 Å². The summed E-state index contributed by atoms with van der Waals surface area (Å²) in [7, 11) is 0. The molecule has 0 saturated carbocycles. The molecule has 0 atom stereocenters. The van der Waals surface area contributed by atoms with Crippen molar-refractivity contribution in [1.82, 2.24) is 0 Å². The Labute approximate surface area is 108 Å². The van der Waals surface area contributed by atoms with E-state index in [1.165, 1.54) is 5.56 Å². The Balaban J connectivity index is 2.19. The van der Waals surface area contributed by atoms with Gasteiger partial charge in [-0.15, -0.1) is 6.58 Å². The molecular weight excluding hydrogens is 220 g/mol. The fourth-order valence-electron chi connectivity index (χ4n) is 1.98.